The second kappa shape index (κ2) is 18.1. The van der Waals surface area contributed by atoms with Crippen molar-refractivity contribution in [3.63, 3.8) is 0 Å². The molecule has 260 valence electrons. The zero-order valence-corrected chi connectivity index (χ0v) is 31.8. The normalized spacial score (nSPS) is 11.9. The van der Waals surface area contributed by atoms with Crippen molar-refractivity contribution in [1.29, 1.82) is 0 Å². The van der Waals surface area contributed by atoms with Crippen molar-refractivity contribution in [1.82, 2.24) is 0 Å². The highest BCUT2D eigenvalue weighted by Crippen LogP contribution is 2.37. The van der Waals surface area contributed by atoms with Gasteiger partial charge >= 0.3 is 0 Å². The molecular weight excluding hydrogens is 651 g/mol. The molecule has 50 heavy (non-hydrogen) atoms. The number of nitrogens with zero attached hydrogens (tertiary/aromatic N) is 1. The first kappa shape index (κ1) is 37.0. The van der Waals surface area contributed by atoms with Gasteiger partial charge in [0.05, 0.1) is 4.88 Å². The van der Waals surface area contributed by atoms with Gasteiger partial charge in [-0.3, -0.25) is 4.79 Å². The van der Waals surface area contributed by atoms with Gasteiger partial charge < -0.3 is 14.1 Å². The minimum atomic E-state index is -2.55. The Kier molecular flexibility index (Phi) is 13.4. The number of benzene rings is 4. The van der Waals surface area contributed by atoms with Crippen LogP contribution in [0.2, 0.25) is 5.04 Å². The average molecular weight is 702 g/mol. The molecule has 0 amide bonds. The van der Waals surface area contributed by atoms with Crippen molar-refractivity contribution in [2.24, 2.45) is 0 Å². The lowest BCUT2D eigenvalue weighted by Gasteiger charge is -2.43. The van der Waals surface area contributed by atoms with Crippen LogP contribution in [0.1, 0.15) is 79.1 Å². The molecule has 5 rings (SSSR count). The first-order valence-electron chi connectivity index (χ1n) is 17.9. The van der Waals surface area contributed by atoms with Crippen LogP contribution in [0.15, 0.2) is 121 Å². The summed E-state index contributed by atoms with van der Waals surface area (Å²) in [6, 6.07) is 42.5. The fraction of sp³-hybridized carbons (Fsp3) is 0.295. The van der Waals surface area contributed by atoms with Crippen molar-refractivity contribution in [2.45, 2.75) is 65.0 Å². The first-order valence-corrected chi connectivity index (χ1v) is 20.6. The fourth-order valence-corrected chi connectivity index (χ4v) is 11.9. The number of hydrogen-bond donors (Lipinski definition) is 0. The molecule has 1 heterocycles. The Labute approximate surface area is 304 Å². The van der Waals surface area contributed by atoms with Gasteiger partial charge in [-0.2, -0.15) is 0 Å². The monoisotopic (exact) mass is 701 g/mol. The van der Waals surface area contributed by atoms with Crippen LogP contribution in [0.5, 0.6) is 5.75 Å². The number of ether oxygens (including phenoxy) is 1. The number of aldehydes is 1. The summed E-state index contributed by atoms with van der Waals surface area (Å²) in [7, 11) is -2.55. The van der Waals surface area contributed by atoms with Crippen LogP contribution in [-0.2, 0) is 11.0 Å². The third-order valence-electron chi connectivity index (χ3n) is 9.13. The lowest BCUT2D eigenvalue weighted by atomic mass is 10.1. The molecule has 4 nitrogen and oxygen atoms in total. The number of carbonyl (C=O) groups excluding carboxylic acids is 1. The molecular formula is C44H51NO3SSi. The molecule has 0 unspecified atom stereocenters. The van der Waals surface area contributed by atoms with Crippen molar-refractivity contribution >= 4 is 54.2 Å². The van der Waals surface area contributed by atoms with Gasteiger partial charge in [0.15, 0.2) is 6.29 Å². The molecule has 0 aliphatic carbocycles. The van der Waals surface area contributed by atoms with E-state index in [4.69, 9.17) is 9.16 Å². The van der Waals surface area contributed by atoms with Gasteiger partial charge in [-0.1, -0.05) is 125 Å². The molecule has 4 aromatic carbocycles. The van der Waals surface area contributed by atoms with Gasteiger partial charge in [-0.25, -0.2) is 0 Å². The Bertz CT molecular complexity index is 1740. The molecule has 0 aliphatic rings. The molecule has 0 fully saturated rings. The smallest absolute Gasteiger partial charge is 0.261 e. The van der Waals surface area contributed by atoms with E-state index in [0.29, 0.717) is 6.61 Å². The molecule has 1 aromatic heterocycles. The van der Waals surface area contributed by atoms with E-state index in [1.165, 1.54) is 27.4 Å². The molecule has 0 aliphatic heterocycles. The summed E-state index contributed by atoms with van der Waals surface area (Å²) in [5.41, 5.74) is 3.32. The zero-order valence-electron chi connectivity index (χ0n) is 30.0. The second-order valence-electron chi connectivity index (χ2n) is 13.7. The molecule has 0 spiro atoms. The Morgan fingerprint density at radius 1 is 0.720 bits per heavy atom. The van der Waals surface area contributed by atoms with E-state index in [1.54, 1.807) is 0 Å². The first-order chi connectivity index (χ1) is 24.3. The van der Waals surface area contributed by atoms with Crippen LogP contribution >= 0.6 is 11.3 Å². The third kappa shape index (κ3) is 9.51. The van der Waals surface area contributed by atoms with Crippen LogP contribution in [0.3, 0.4) is 0 Å². The van der Waals surface area contributed by atoms with E-state index in [-0.39, 0.29) is 5.04 Å². The number of carbonyl (C=O) groups is 1. The van der Waals surface area contributed by atoms with E-state index in [0.717, 1.165) is 78.3 Å². The molecule has 0 atom stereocenters. The molecule has 0 bridgehead atoms. The lowest BCUT2D eigenvalue weighted by molar-refractivity contribution is 0.112. The van der Waals surface area contributed by atoms with Gasteiger partial charge in [0.2, 0.25) is 0 Å². The maximum absolute atomic E-state index is 11.2. The van der Waals surface area contributed by atoms with E-state index in [1.807, 2.05) is 30.3 Å². The van der Waals surface area contributed by atoms with E-state index in [9.17, 15) is 4.79 Å². The van der Waals surface area contributed by atoms with Gasteiger partial charge in [-0.05, 0) is 76.7 Å². The number of hydrogen-bond acceptors (Lipinski definition) is 5. The quantitative estimate of drug-likeness (QED) is 0.0518. The molecule has 5 aromatic rings. The van der Waals surface area contributed by atoms with E-state index < -0.39 is 8.32 Å². The predicted octanol–water partition coefficient (Wildman–Crippen LogP) is 10.3. The summed E-state index contributed by atoms with van der Waals surface area (Å²) in [4.78, 5) is 15.5. The highest BCUT2D eigenvalue weighted by Gasteiger charge is 2.49. The lowest BCUT2D eigenvalue weighted by Crippen LogP contribution is -2.66. The summed E-state index contributed by atoms with van der Waals surface area (Å²) in [6.07, 6.45) is 9.31. The topological polar surface area (TPSA) is 38.8 Å². The Morgan fingerprint density at radius 3 is 1.94 bits per heavy atom. The zero-order chi connectivity index (χ0) is 35.2. The van der Waals surface area contributed by atoms with Gasteiger partial charge in [-0.15, -0.1) is 11.3 Å². The fourth-order valence-electron chi connectivity index (χ4n) is 6.52. The summed E-state index contributed by atoms with van der Waals surface area (Å²) in [5, 5.41) is 2.61. The van der Waals surface area contributed by atoms with E-state index >= 15 is 0 Å². The molecule has 6 heteroatoms. The average Bonchev–Trinajstić information content (AvgIpc) is 3.61. The minimum Gasteiger partial charge on any atom is -0.488 e. The summed E-state index contributed by atoms with van der Waals surface area (Å²) >= 11 is 1.49. The van der Waals surface area contributed by atoms with Gasteiger partial charge in [0.25, 0.3) is 8.32 Å². The number of anilines is 1. The second-order valence-corrected chi connectivity index (χ2v) is 19.2. The Morgan fingerprint density at radius 2 is 1.34 bits per heavy atom. The molecule has 0 saturated heterocycles. The summed E-state index contributed by atoms with van der Waals surface area (Å²) in [6.45, 7) is 12.4. The number of rotatable bonds is 18. The van der Waals surface area contributed by atoms with Crippen LogP contribution in [0.25, 0.3) is 12.2 Å². The van der Waals surface area contributed by atoms with Gasteiger partial charge in [0.1, 0.15) is 12.4 Å². The standard InChI is InChI=1S/C44H51NO3SSi/c1-5-6-30-45(31-16-17-32-48-50(44(2,3)4,41-20-12-8-13-21-41)42-22-14-9-15-23-42)38-26-24-37(25-27-39-28-29-40(34-46)49-39)43(33-38)47-35-36-18-10-7-11-19-36/h7-15,18-29,33-34H,5-6,16-17,30-32,35H2,1-4H3/b27-25+. The molecule has 0 N–H and O–H groups in total. The summed E-state index contributed by atoms with van der Waals surface area (Å²) < 4.78 is 13.7. The third-order valence-corrected chi connectivity index (χ3v) is 15.1. The van der Waals surface area contributed by atoms with Crippen LogP contribution in [-0.4, -0.2) is 34.3 Å². The maximum Gasteiger partial charge on any atom is 0.261 e. The number of unbranched alkanes of at least 4 members (excludes halogenated alkanes) is 2. The number of thiophene rings is 1. The highest BCUT2D eigenvalue weighted by atomic mass is 32.1. The van der Waals surface area contributed by atoms with Crippen LogP contribution in [0.4, 0.5) is 5.69 Å². The maximum atomic E-state index is 11.2. The Hall–Kier alpha value is -4.23. The van der Waals surface area contributed by atoms with Crippen molar-refractivity contribution in [3.8, 4) is 5.75 Å². The molecule has 0 radical (unpaired) electrons. The van der Waals surface area contributed by atoms with E-state index in [2.05, 4.69) is 136 Å². The van der Waals surface area contributed by atoms with Crippen molar-refractivity contribution in [3.05, 3.63) is 142 Å². The van der Waals surface area contributed by atoms with Crippen molar-refractivity contribution < 1.29 is 14.0 Å². The van der Waals surface area contributed by atoms with Crippen LogP contribution < -0.4 is 20.0 Å². The highest BCUT2D eigenvalue weighted by molar-refractivity contribution is 7.14. The minimum absolute atomic E-state index is 0.0323. The SMILES string of the molecule is CCCCN(CCCCO[Si](c1ccccc1)(c1ccccc1)C(C)(C)C)c1ccc(/C=C/c2ccc(C=O)s2)c(OCc2ccccc2)c1. The van der Waals surface area contributed by atoms with Gasteiger partial charge in [0, 0.05) is 41.9 Å². The summed E-state index contributed by atoms with van der Waals surface area (Å²) in [5.74, 6) is 0.853. The van der Waals surface area contributed by atoms with Crippen LogP contribution in [0, 0.1) is 0 Å². The molecule has 0 saturated carbocycles. The van der Waals surface area contributed by atoms with Crippen molar-refractivity contribution in [2.75, 3.05) is 24.6 Å². The predicted molar refractivity (Wildman–Crippen MR) is 216 cm³/mol. The Balaban J connectivity index is 1.33. The largest absolute Gasteiger partial charge is 0.488 e.